The van der Waals surface area contributed by atoms with Crippen LogP contribution < -0.4 is 5.32 Å². The summed E-state index contributed by atoms with van der Waals surface area (Å²) < 4.78 is 11.0. The summed E-state index contributed by atoms with van der Waals surface area (Å²) in [5.74, 6) is 1.66. The second-order valence-electron chi connectivity index (χ2n) is 4.53. The van der Waals surface area contributed by atoms with E-state index in [0.29, 0.717) is 12.2 Å². The van der Waals surface area contributed by atoms with Crippen molar-refractivity contribution in [2.45, 2.75) is 31.5 Å². The fourth-order valence-corrected chi connectivity index (χ4v) is 2.96. The number of hydrogen-bond acceptors (Lipinski definition) is 3. The van der Waals surface area contributed by atoms with Crippen LogP contribution in [0.2, 0.25) is 0 Å². The van der Waals surface area contributed by atoms with Gasteiger partial charge in [0.2, 0.25) is 0 Å². The molecule has 1 aliphatic heterocycles. The lowest BCUT2D eigenvalue weighted by molar-refractivity contribution is -0.0910. The lowest BCUT2D eigenvalue weighted by atomic mass is 9.73. The van der Waals surface area contributed by atoms with Crippen molar-refractivity contribution < 1.29 is 9.47 Å². The van der Waals surface area contributed by atoms with Gasteiger partial charge in [0.05, 0.1) is 12.2 Å². The molecule has 3 heteroatoms. The lowest BCUT2D eigenvalue weighted by Crippen LogP contribution is -2.47. The Hall–Kier alpha value is -0.120. The molecule has 0 aromatic rings. The minimum Gasteiger partial charge on any atom is -0.379 e. The van der Waals surface area contributed by atoms with Crippen LogP contribution in [0.5, 0.6) is 0 Å². The number of piperidine rings is 1. The Balaban J connectivity index is 1.98. The van der Waals surface area contributed by atoms with E-state index in [1.165, 1.54) is 25.9 Å². The molecule has 82 valence electrons. The third-order valence-corrected chi connectivity index (χ3v) is 3.86. The third kappa shape index (κ3) is 1.95. The van der Waals surface area contributed by atoms with E-state index >= 15 is 0 Å². The molecule has 1 aliphatic carbocycles. The number of nitrogens with one attached hydrogen (secondary N) is 1. The van der Waals surface area contributed by atoms with Gasteiger partial charge in [-0.3, -0.25) is 0 Å². The monoisotopic (exact) mass is 199 g/mol. The molecule has 0 radical (unpaired) electrons. The fraction of sp³-hybridized carbons (Fsp3) is 1.00. The topological polar surface area (TPSA) is 30.5 Å². The molecule has 4 atom stereocenters. The van der Waals surface area contributed by atoms with Gasteiger partial charge in [-0.15, -0.1) is 0 Å². The summed E-state index contributed by atoms with van der Waals surface area (Å²) in [4.78, 5) is 0. The Morgan fingerprint density at radius 2 is 1.64 bits per heavy atom. The molecule has 14 heavy (non-hydrogen) atoms. The molecule has 3 nitrogen and oxygen atoms in total. The van der Waals surface area contributed by atoms with E-state index in [2.05, 4.69) is 5.32 Å². The highest BCUT2D eigenvalue weighted by molar-refractivity contribution is 4.90. The van der Waals surface area contributed by atoms with Crippen molar-refractivity contribution in [1.82, 2.24) is 5.32 Å². The molecule has 0 amide bonds. The first kappa shape index (κ1) is 10.4. The Labute approximate surface area is 86.2 Å². The highest BCUT2D eigenvalue weighted by Gasteiger charge is 2.38. The average molecular weight is 199 g/mol. The van der Waals surface area contributed by atoms with Crippen LogP contribution in [0.3, 0.4) is 0 Å². The van der Waals surface area contributed by atoms with Crippen molar-refractivity contribution in [2.75, 3.05) is 27.3 Å². The fourth-order valence-electron chi connectivity index (χ4n) is 2.96. The molecule has 3 unspecified atom stereocenters. The molecular weight excluding hydrogens is 178 g/mol. The number of hydrogen-bond donors (Lipinski definition) is 1. The predicted molar refractivity (Wildman–Crippen MR) is 55.3 cm³/mol. The molecule has 1 saturated carbocycles. The van der Waals surface area contributed by atoms with Crippen LogP contribution in [0.1, 0.15) is 19.3 Å². The van der Waals surface area contributed by atoms with Crippen molar-refractivity contribution >= 4 is 0 Å². The van der Waals surface area contributed by atoms with Crippen molar-refractivity contribution in [2.24, 2.45) is 11.8 Å². The smallest absolute Gasteiger partial charge is 0.0836 e. The summed E-state index contributed by atoms with van der Waals surface area (Å²) in [5, 5.41) is 3.47. The van der Waals surface area contributed by atoms with Gasteiger partial charge in [-0.05, 0) is 44.2 Å². The van der Waals surface area contributed by atoms with Gasteiger partial charge in [-0.1, -0.05) is 0 Å². The molecule has 1 saturated heterocycles. The second-order valence-corrected chi connectivity index (χ2v) is 4.53. The summed E-state index contributed by atoms with van der Waals surface area (Å²) in [6.45, 7) is 2.34. The molecule has 0 aromatic heterocycles. The van der Waals surface area contributed by atoms with Gasteiger partial charge >= 0.3 is 0 Å². The highest BCUT2D eigenvalue weighted by atomic mass is 16.5. The molecule has 1 heterocycles. The zero-order valence-corrected chi connectivity index (χ0v) is 9.16. The molecule has 0 aromatic carbocycles. The Kier molecular flexibility index (Phi) is 3.42. The summed E-state index contributed by atoms with van der Waals surface area (Å²) in [7, 11) is 3.60. The number of rotatable bonds is 2. The van der Waals surface area contributed by atoms with Gasteiger partial charge in [0.25, 0.3) is 0 Å². The molecule has 2 aliphatic rings. The molecule has 1 N–H and O–H groups in total. The van der Waals surface area contributed by atoms with Crippen LogP contribution >= 0.6 is 0 Å². The van der Waals surface area contributed by atoms with Gasteiger partial charge in [0.1, 0.15) is 0 Å². The van der Waals surface area contributed by atoms with Gasteiger partial charge in [-0.25, -0.2) is 0 Å². The summed E-state index contributed by atoms with van der Waals surface area (Å²) in [6, 6.07) is 0. The minimum absolute atomic E-state index is 0.307. The van der Waals surface area contributed by atoms with E-state index in [1.807, 2.05) is 0 Å². The van der Waals surface area contributed by atoms with Gasteiger partial charge in [-0.2, -0.15) is 0 Å². The quantitative estimate of drug-likeness (QED) is 0.720. The number of fused-ring (bicyclic) bond motifs is 1. The van der Waals surface area contributed by atoms with E-state index in [9.17, 15) is 0 Å². The van der Waals surface area contributed by atoms with Crippen molar-refractivity contribution in [3.05, 3.63) is 0 Å². The zero-order chi connectivity index (χ0) is 9.97. The largest absolute Gasteiger partial charge is 0.379 e. The summed E-state index contributed by atoms with van der Waals surface area (Å²) in [5.41, 5.74) is 0. The van der Waals surface area contributed by atoms with E-state index in [-0.39, 0.29) is 0 Å². The van der Waals surface area contributed by atoms with E-state index in [0.717, 1.165) is 18.3 Å². The molecule has 2 fully saturated rings. The van der Waals surface area contributed by atoms with Gasteiger partial charge in [0, 0.05) is 14.2 Å². The zero-order valence-electron chi connectivity index (χ0n) is 9.16. The highest BCUT2D eigenvalue weighted by Crippen LogP contribution is 2.36. The van der Waals surface area contributed by atoms with E-state index < -0.39 is 0 Å². The first-order chi connectivity index (χ1) is 6.85. The maximum Gasteiger partial charge on any atom is 0.0836 e. The van der Waals surface area contributed by atoms with Crippen molar-refractivity contribution in [1.29, 1.82) is 0 Å². The second kappa shape index (κ2) is 4.60. The van der Waals surface area contributed by atoms with Crippen LogP contribution in [0.15, 0.2) is 0 Å². The molecular formula is C11H21NO2. The Bertz CT molecular complexity index is 162. The van der Waals surface area contributed by atoms with E-state index in [1.54, 1.807) is 14.2 Å². The molecule has 0 bridgehead atoms. The maximum absolute atomic E-state index is 5.50. The van der Waals surface area contributed by atoms with Crippen LogP contribution in [0.4, 0.5) is 0 Å². The Morgan fingerprint density at radius 3 is 2.29 bits per heavy atom. The van der Waals surface area contributed by atoms with Crippen LogP contribution in [0.25, 0.3) is 0 Å². The minimum atomic E-state index is 0.307. The molecule has 0 spiro atoms. The van der Waals surface area contributed by atoms with Crippen molar-refractivity contribution in [3.8, 4) is 0 Å². The van der Waals surface area contributed by atoms with Crippen LogP contribution in [-0.2, 0) is 9.47 Å². The summed E-state index contributed by atoms with van der Waals surface area (Å²) >= 11 is 0. The van der Waals surface area contributed by atoms with Crippen LogP contribution in [0, 0.1) is 11.8 Å². The van der Waals surface area contributed by atoms with Gasteiger partial charge in [0.15, 0.2) is 0 Å². The third-order valence-electron chi connectivity index (χ3n) is 3.86. The first-order valence-corrected chi connectivity index (χ1v) is 5.61. The molecule has 2 rings (SSSR count). The van der Waals surface area contributed by atoms with E-state index in [4.69, 9.17) is 9.47 Å². The average Bonchev–Trinajstić information content (AvgIpc) is 2.27. The SMILES string of the molecule is COC1CC2CCNCC2C[C@H]1OC. The maximum atomic E-state index is 5.50. The number of ether oxygens (including phenoxy) is 2. The predicted octanol–water partition coefficient (Wildman–Crippen LogP) is 1.04. The Morgan fingerprint density at radius 1 is 1.00 bits per heavy atom. The summed E-state index contributed by atoms with van der Waals surface area (Å²) in [6.07, 6.45) is 4.27. The standard InChI is InChI=1S/C11H21NO2/c1-13-10-5-8-3-4-12-7-9(8)6-11(10)14-2/h8-12H,3-7H2,1-2H3/t8?,9?,10?,11-/m1/s1. The lowest BCUT2D eigenvalue weighted by Gasteiger charge is -2.42. The first-order valence-electron chi connectivity index (χ1n) is 5.61. The number of methoxy groups -OCH3 is 2. The van der Waals surface area contributed by atoms with Crippen LogP contribution in [-0.4, -0.2) is 39.5 Å². The normalized spacial score (nSPS) is 43.3. The van der Waals surface area contributed by atoms with Crippen molar-refractivity contribution in [3.63, 3.8) is 0 Å². The van der Waals surface area contributed by atoms with Gasteiger partial charge < -0.3 is 14.8 Å².